The van der Waals surface area contributed by atoms with Crippen LogP contribution in [0.5, 0.6) is 0 Å². The van der Waals surface area contributed by atoms with Gasteiger partial charge in [0.05, 0.1) is 0 Å². The Bertz CT molecular complexity index is 426. The first-order valence-corrected chi connectivity index (χ1v) is 5.75. The molecule has 5 nitrogen and oxygen atoms in total. The summed E-state index contributed by atoms with van der Waals surface area (Å²) in [6, 6.07) is 4.06. The van der Waals surface area contributed by atoms with E-state index < -0.39 is 0 Å². The number of nitrogens with one attached hydrogen (secondary N) is 1. The van der Waals surface area contributed by atoms with Gasteiger partial charge in [-0.25, -0.2) is 0 Å². The molecule has 84 valence electrons. The lowest BCUT2D eigenvalue weighted by atomic mass is 9.85. The minimum atomic E-state index is 0.0224. The van der Waals surface area contributed by atoms with Crippen LogP contribution in [0.1, 0.15) is 19.4 Å². The van der Waals surface area contributed by atoms with E-state index in [1.54, 1.807) is 0 Å². The van der Waals surface area contributed by atoms with E-state index in [4.69, 9.17) is 0 Å². The minimum absolute atomic E-state index is 0.0224. The summed E-state index contributed by atoms with van der Waals surface area (Å²) in [4.78, 5) is 4.02. The van der Waals surface area contributed by atoms with Crippen LogP contribution in [-0.2, 0) is 5.41 Å². The van der Waals surface area contributed by atoms with Crippen molar-refractivity contribution in [3.8, 4) is 0 Å². The Hall–Kier alpha value is -1.56. The second kappa shape index (κ2) is 4.52. The van der Waals surface area contributed by atoms with Crippen LogP contribution in [0, 0.1) is 0 Å². The van der Waals surface area contributed by atoms with E-state index in [0.29, 0.717) is 0 Å². The van der Waals surface area contributed by atoms with E-state index in [0.717, 1.165) is 11.7 Å². The average Bonchev–Trinajstić information content (AvgIpc) is 2.81. The molecule has 2 heterocycles. The van der Waals surface area contributed by atoms with Crippen molar-refractivity contribution < 1.29 is 0 Å². The first-order valence-electron chi connectivity index (χ1n) is 4.98. The molecule has 0 saturated heterocycles. The van der Waals surface area contributed by atoms with Gasteiger partial charge in [0.15, 0.2) is 0 Å². The smallest absolute Gasteiger partial charge is 0.225 e. The van der Waals surface area contributed by atoms with Crippen LogP contribution in [0.2, 0.25) is 0 Å². The second-order valence-corrected chi connectivity index (χ2v) is 4.87. The highest BCUT2D eigenvalue weighted by atomic mass is 32.1. The molecular formula is C10H13N5S. The number of hydrogen-bond donors (Lipinski definition) is 1. The highest BCUT2D eigenvalue weighted by Crippen LogP contribution is 2.22. The second-order valence-electron chi connectivity index (χ2n) is 4.14. The van der Waals surface area contributed by atoms with Crippen molar-refractivity contribution in [2.24, 2.45) is 0 Å². The van der Waals surface area contributed by atoms with Crippen LogP contribution in [0.3, 0.4) is 0 Å². The zero-order chi connectivity index (χ0) is 11.4. The Labute approximate surface area is 98.1 Å². The van der Waals surface area contributed by atoms with Crippen molar-refractivity contribution in [2.75, 3.05) is 11.9 Å². The van der Waals surface area contributed by atoms with Gasteiger partial charge in [-0.1, -0.05) is 23.4 Å². The quantitative estimate of drug-likeness (QED) is 0.874. The van der Waals surface area contributed by atoms with Crippen molar-refractivity contribution in [1.29, 1.82) is 0 Å². The topological polar surface area (TPSA) is 63.6 Å². The SMILES string of the molecule is CC(C)(CNc1nnns1)c1ccncc1. The van der Waals surface area contributed by atoms with Crippen LogP contribution >= 0.6 is 11.5 Å². The summed E-state index contributed by atoms with van der Waals surface area (Å²) in [5.41, 5.74) is 1.27. The van der Waals surface area contributed by atoms with Crippen LogP contribution in [-0.4, -0.2) is 26.3 Å². The maximum Gasteiger partial charge on any atom is 0.225 e. The summed E-state index contributed by atoms with van der Waals surface area (Å²) in [6.07, 6.45) is 3.62. The highest BCUT2D eigenvalue weighted by molar-refractivity contribution is 7.09. The Morgan fingerprint density at radius 3 is 2.69 bits per heavy atom. The monoisotopic (exact) mass is 235 g/mol. The third-order valence-corrected chi connectivity index (χ3v) is 3.00. The van der Waals surface area contributed by atoms with Gasteiger partial charge in [-0.05, 0) is 22.9 Å². The lowest BCUT2D eigenvalue weighted by Gasteiger charge is -2.24. The fourth-order valence-corrected chi connectivity index (χ4v) is 1.76. The van der Waals surface area contributed by atoms with Gasteiger partial charge in [-0.2, -0.15) is 0 Å². The van der Waals surface area contributed by atoms with E-state index >= 15 is 0 Å². The first kappa shape index (κ1) is 10.9. The van der Waals surface area contributed by atoms with E-state index in [2.05, 4.69) is 38.9 Å². The van der Waals surface area contributed by atoms with E-state index in [-0.39, 0.29) is 5.41 Å². The van der Waals surface area contributed by atoms with Gasteiger partial charge < -0.3 is 5.32 Å². The van der Waals surface area contributed by atoms with E-state index in [9.17, 15) is 0 Å². The standard InChI is InChI=1S/C10H13N5S/c1-10(2,8-3-5-11-6-4-8)7-12-9-13-14-15-16-9/h3-6H,7H2,1-2H3,(H,12,13,15). The maximum absolute atomic E-state index is 4.02. The number of aromatic nitrogens is 4. The van der Waals surface area contributed by atoms with E-state index in [1.807, 2.05) is 24.5 Å². The minimum Gasteiger partial charge on any atom is -0.358 e. The van der Waals surface area contributed by atoms with Crippen molar-refractivity contribution in [1.82, 2.24) is 19.8 Å². The third-order valence-electron chi connectivity index (χ3n) is 2.44. The summed E-state index contributed by atoms with van der Waals surface area (Å²) in [5, 5.41) is 11.4. The maximum atomic E-state index is 4.02. The third kappa shape index (κ3) is 2.52. The largest absolute Gasteiger partial charge is 0.358 e. The van der Waals surface area contributed by atoms with Gasteiger partial charge in [0.25, 0.3) is 0 Å². The van der Waals surface area contributed by atoms with Crippen LogP contribution in [0.25, 0.3) is 0 Å². The summed E-state index contributed by atoms with van der Waals surface area (Å²) in [6.45, 7) is 5.13. The molecule has 0 spiro atoms. The Kier molecular flexibility index (Phi) is 3.09. The van der Waals surface area contributed by atoms with Gasteiger partial charge in [-0.3, -0.25) is 4.98 Å². The molecule has 0 aliphatic heterocycles. The molecule has 0 saturated carbocycles. The molecule has 1 N–H and O–H groups in total. The molecule has 0 unspecified atom stereocenters. The van der Waals surface area contributed by atoms with Crippen molar-refractivity contribution in [2.45, 2.75) is 19.3 Å². The van der Waals surface area contributed by atoms with Crippen LogP contribution in [0.4, 0.5) is 5.13 Å². The number of rotatable bonds is 4. The highest BCUT2D eigenvalue weighted by Gasteiger charge is 2.20. The molecule has 16 heavy (non-hydrogen) atoms. The van der Waals surface area contributed by atoms with Crippen LogP contribution in [0.15, 0.2) is 24.5 Å². The molecule has 2 aromatic heterocycles. The number of pyridine rings is 1. The molecule has 0 fully saturated rings. The summed E-state index contributed by atoms with van der Waals surface area (Å²) < 4.78 is 3.70. The summed E-state index contributed by atoms with van der Waals surface area (Å²) >= 11 is 1.26. The molecule has 6 heteroatoms. The van der Waals surface area contributed by atoms with Crippen molar-refractivity contribution >= 4 is 16.7 Å². The number of anilines is 1. The molecule has 2 aromatic rings. The Balaban J connectivity index is 2.03. The molecule has 2 rings (SSSR count). The number of hydrogen-bond acceptors (Lipinski definition) is 6. The lowest BCUT2D eigenvalue weighted by molar-refractivity contribution is 0.556. The van der Waals surface area contributed by atoms with Crippen molar-refractivity contribution in [3.05, 3.63) is 30.1 Å². The average molecular weight is 235 g/mol. The normalized spacial score (nSPS) is 11.4. The van der Waals surface area contributed by atoms with Gasteiger partial charge in [-0.15, -0.1) is 0 Å². The van der Waals surface area contributed by atoms with Gasteiger partial charge in [0, 0.05) is 35.9 Å². The Morgan fingerprint density at radius 1 is 1.31 bits per heavy atom. The molecule has 0 aliphatic rings. The zero-order valence-corrected chi connectivity index (χ0v) is 10.0. The van der Waals surface area contributed by atoms with Crippen LogP contribution < -0.4 is 5.32 Å². The predicted octanol–water partition coefficient (Wildman–Crippen LogP) is 1.72. The fourth-order valence-electron chi connectivity index (χ4n) is 1.40. The molecule has 0 radical (unpaired) electrons. The molecule has 0 aliphatic carbocycles. The molecule has 0 bridgehead atoms. The summed E-state index contributed by atoms with van der Waals surface area (Å²) in [5.74, 6) is 0. The van der Waals surface area contributed by atoms with Crippen molar-refractivity contribution in [3.63, 3.8) is 0 Å². The van der Waals surface area contributed by atoms with Gasteiger partial charge >= 0.3 is 0 Å². The first-order chi connectivity index (χ1) is 7.68. The molecule has 0 amide bonds. The molecular weight excluding hydrogens is 222 g/mol. The molecule has 0 atom stereocenters. The predicted molar refractivity (Wildman–Crippen MR) is 63.5 cm³/mol. The Morgan fingerprint density at radius 2 is 2.06 bits per heavy atom. The lowest BCUT2D eigenvalue weighted by Crippen LogP contribution is -2.27. The fraction of sp³-hybridized carbons (Fsp3) is 0.400. The zero-order valence-electron chi connectivity index (χ0n) is 9.21. The van der Waals surface area contributed by atoms with E-state index in [1.165, 1.54) is 17.1 Å². The van der Waals surface area contributed by atoms with Gasteiger partial charge in [0.2, 0.25) is 5.13 Å². The summed E-state index contributed by atoms with van der Waals surface area (Å²) in [7, 11) is 0. The molecule has 0 aromatic carbocycles. The van der Waals surface area contributed by atoms with Gasteiger partial charge in [0.1, 0.15) is 0 Å². The number of nitrogens with zero attached hydrogens (tertiary/aromatic N) is 4.